The first-order valence-electron chi connectivity index (χ1n) is 9.29. The van der Waals surface area contributed by atoms with Gasteiger partial charge < -0.3 is 11.1 Å². The van der Waals surface area contributed by atoms with E-state index in [0.29, 0.717) is 17.8 Å². The molecule has 150 valence electrons. The Morgan fingerprint density at radius 2 is 1.93 bits per heavy atom. The molecule has 2 aromatic rings. The second-order valence-electron chi connectivity index (χ2n) is 6.83. The van der Waals surface area contributed by atoms with E-state index in [2.05, 4.69) is 5.32 Å². The molecule has 29 heavy (non-hydrogen) atoms. The summed E-state index contributed by atoms with van der Waals surface area (Å²) in [7, 11) is 0. The van der Waals surface area contributed by atoms with Gasteiger partial charge in [0, 0.05) is 24.4 Å². The molecular weight excluding hydrogens is 372 g/mol. The maximum absolute atomic E-state index is 12.4. The van der Waals surface area contributed by atoms with Gasteiger partial charge in [0.25, 0.3) is 5.69 Å². The van der Waals surface area contributed by atoms with Crippen LogP contribution in [0.2, 0.25) is 0 Å². The summed E-state index contributed by atoms with van der Waals surface area (Å²) < 4.78 is 0. The van der Waals surface area contributed by atoms with Gasteiger partial charge in [0.15, 0.2) is 0 Å². The van der Waals surface area contributed by atoms with E-state index in [0.717, 1.165) is 24.9 Å². The zero-order valence-electron chi connectivity index (χ0n) is 15.8. The number of hydrogen-bond acceptors (Lipinski definition) is 5. The number of nitro groups is 1. The first-order valence-corrected chi connectivity index (χ1v) is 9.29. The largest absolute Gasteiger partial charge is 0.368 e. The molecule has 2 amide bonds. The van der Waals surface area contributed by atoms with E-state index in [4.69, 9.17) is 5.73 Å². The Kier molecular flexibility index (Phi) is 6.36. The van der Waals surface area contributed by atoms with Gasteiger partial charge in [-0.1, -0.05) is 30.3 Å². The van der Waals surface area contributed by atoms with Crippen molar-refractivity contribution in [2.24, 2.45) is 5.73 Å². The third-order valence-corrected chi connectivity index (χ3v) is 4.89. The fourth-order valence-corrected chi connectivity index (χ4v) is 3.47. The molecule has 1 unspecified atom stereocenters. The number of nitrogens with zero attached hydrogens (tertiary/aromatic N) is 2. The molecule has 3 rings (SSSR count). The molecule has 3 N–H and O–H groups in total. The molecule has 0 aliphatic carbocycles. The van der Waals surface area contributed by atoms with Crippen molar-refractivity contribution in [2.75, 3.05) is 11.9 Å². The van der Waals surface area contributed by atoms with Gasteiger partial charge in [-0.2, -0.15) is 0 Å². The van der Waals surface area contributed by atoms with Crippen molar-refractivity contribution in [3.8, 4) is 0 Å². The maximum atomic E-state index is 12.4. The highest BCUT2D eigenvalue weighted by atomic mass is 16.6. The van der Waals surface area contributed by atoms with Crippen LogP contribution >= 0.6 is 0 Å². The molecule has 0 radical (unpaired) electrons. The van der Waals surface area contributed by atoms with Gasteiger partial charge in [-0.05, 0) is 43.2 Å². The number of likely N-dealkylation sites (tertiary alicyclic amines) is 1. The molecule has 1 atom stereocenters. The van der Waals surface area contributed by atoms with E-state index in [1.807, 2.05) is 17.0 Å². The number of carbonyl (C=O) groups excluding carboxylic acids is 2. The molecule has 0 spiro atoms. The average molecular weight is 394 g/mol. The van der Waals surface area contributed by atoms with Crippen LogP contribution in [-0.2, 0) is 16.1 Å². The minimum Gasteiger partial charge on any atom is -0.368 e. The lowest BCUT2D eigenvalue weighted by atomic mass is 10.1. The van der Waals surface area contributed by atoms with Crippen molar-refractivity contribution in [2.45, 2.75) is 25.4 Å². The van der Waals surface area contributed by atoms with Crippen molar-refractivity contribution in [3.63, 3.8) is 0 Å². The lowest BCUT2D eigenvalue weighted by Gasteiger charge is -2.23. The lowest BCUT2D eigenvalue weighted by Crippen LogP contribution is -2.39. The first-order chi connectivity index (χ1) is 14.0. The number of carbonyl (C=O) groups is 2. The Morgan fingerprint density at radius 1 is 1.21 bits per heavy atom. The smallest absolute Gasteiger partial charge is 0.276 e. The van der Waals surface area contributed by atoms with Crippen LogP contribution in [0.15, 0.2) is 54.6 Å². The normalized spacial score (nSPS) is 16.8. The van der Waals surface area contributed by atoms with Gasteiger partial charge in [-0.15, -0.1) is 0 Å². The quantitative estimate of drug-likeness (QED) is 0.425. The number of nitro benzene ring substituents is 1. The number of para-hydroxylation sites is 2. The molecule has 1 fully saturated rings. The second-order valence-corrected chi connectivity index (χ2v) is 6.83. The maximum Gasteiger partial charge on any atom is 0.276 e. The van der Waals surface area contributed by atoms with Crippen molar-refractivity contribution in [1.29, 1.82) is 0 Å². The molecule has 1 aliphatic heterocycles. The number of anilines is 1. The fourth-order valence-electron chi connectivity index (χ4n) is 3.47. The summed E-state index contributed by atoms with van der Waals surface area (Å²) in [6, 6.07) is 13.3. The summed E-state index contributed by atoms with van der Waals surface area (Å²) in [5.74, 6) is -0.736. The minimum atomic E-state index is -0.488. The van der Waals surface area contributed by atoms with Gasteiger partial charge in [-0.3, -0.25) is 24.6 Å². The summed E-state index contributed by atoms with van der Waals surface area (Å²) in [6.45, 7) is 1.27. The molecule has 1 heterocycles. The molecule has 2 aromatic carbocycles. The van der Waals surface area contributed by atoms with Crippen molar-refractivity contribution in [3.05, 3.63) is 75.8 Å². The highest BCUT2D eigenvalue weighted by molar-refractivity contribution is 6.02. The van der Waals surface area contributed by atoms with E-state index < -0.39 is 10.8 Å². The summed E-state index contributed by atoms with van der Waals surface area (Å²) in [6.07, 6.45) is 4.32. The van der Waals surface area contributed by atoms with E-state index in [-0.39, 0.29) is 17.6 Å². The van der Waals surface area contributed by atoms with Crippen LogP contribution in [0.25, 0.3) is 6.08 Å². The highest BCUT2D eigenvalue weighted by Gasteiger charge is 2.29. The van der Waals surface area contributed by atoms with E-state index >= 15 is 0 Å². The second kappa shape index (κ2) is 9.11. The van der Waals surface area contributed by atoms with Crippen molar-refractivity contribution >= 4 is 29.3 Å². The number of benzene rings is 2. The van der Waals surface area contributed by atoms with Gasteiger partial charge in [0.05, 0.1) is 16.5 Å². The van der Waals surface area contributed by atoms with Crippen LogP contribution in [0.3, 0.4) is 0 Å². The third kappa shape index (κ3) is 5.05. The molecular formula is C21H22N4O4. The summed E-state index contributed by atoms with van der Waals surface area (Å²) in [5, 5.41) is 13.9. The van der Waals surface area contributed by atoms with Crippen molar-refractivity contribution in [1.82, 2.24) is 4.90 Å². The van der Waals surface area contributed by atoms with Crippen LogP contribution in [0.1, 0.15) is 24.0 Å². The van der Waals surface area contributed by atoms with Gasteiger partial charge in [-0.25, -0.2) is 0 Å². The van der Waals surface area contributed by atoms with E-state index in [9.17, 15) is 19.7 Å². The zero-order chi connectivity index (χ0) is 20.8. The molecule has 0 aromatic heterocycles. The molecule has 1 saturated heterocycles. The van der Waals surface area contributed by atoms with Crippen LogP contribution in [0.4, 0.5) is 11.4 Å². The molecule has 0 saturated carbocycles. The Hall–Kier alpha value is -3.52. The molecule has 1 aliphatic rings. The molecule has 8 nitrogen and oxygen atoms in total. The van der Waals surface area contributed by atoms with E-state index in [1.54, 1.807) is 30.3 Å². The standard InChI is InChI=1S/C21H22N4O4/c22-21(27)19-10-5-13-24(19)14-16-7-1-3-8-17(16)23-20(26)12-11-15-6-2-4-9-18(15)25(28)29/h1-4,6-9,11-12,19H,5,10,13-14H2,(H2,22,27)(H,23,26)/b12-11+. The number of primary amides is 1. The van der Waals surface area contributed by atoms with Crippen LogP contribution in [-0.4, -0.2) is 34.2 Å². The minimum absolute atomic E-state index is 0.0662. The third-order valence-electron chi connectivity index (χ3n) is 4.89. The summed E-state index contributed by atoms with van der Waals surface area (Å²) >= 11 is 0. The van der Waals surface area contributed by atoms with Gasteiger partial charge >= 0.3 is 0 Å². The Labute approximate surface area is 168 Å². The Morgan fingerprint density at radius 3 is 2.69 bits per heavy atom. The number of amides is 2. The summed E-state index contributed by atoms with van der Waals surface area (Å²) in [4.78, 5) is 36.6. The van der Waals surface area contributed by atoms with Crippen LogP contribution in [0, 0.1) is 10.1 Å². The summed E-state index contributed by atoms with van der Waals surface area (Å²) in [5.41, 5.74) is 7.26. The Balaban J connectivity index is 1.72. The lowest BCUT2D eigenvalue weighted by molar-refractivity contribution is -0.385. The first kappa shape index (κ1) is 20.2. The zero-order valence-corrected chi connectivity index (χ0v) is 15.8. The van der Waals surface area contributed by atoms with Crippen LogP contribution in [0.5, 0.6) is 0 Å². The predicted octanol–water partition coefficient (Wildman–Crippen LogP) is 2.70. The predicted molar refractivity (Wildman–Crippen MR) is 110 cm³/mol. The van der Waals surface area contributed by atoms with Gasteiger partial charge in [0.1, 0.15) is 0 Å². The number of rotatable bonds is 7. The number of hydrogen-bond donors (Lipinski definition) is 2. The van der Waals surface area contributed by atoms with Gasteiger partial charge in [0.2, 0.25) is 11.8 Å². The van der Waals surface area contributed by atoms with Crippen LogP contribution < -0.4 is 11.1 Å². The molecule has 0 bridgehead atoms. The highest BCUT2D eigenvalue weighted by Crippen LogP contribution is 2.24. The van der Waals surface area contributed by atoms with Crippen molar-refractivity contribution < 1.29 is 14.5 Å². The van der Waals surface area contributed by atoms with E-state index in [1.165, 1.54) is 18.2 Å². The topological polar surface area (TPSA) is 119 Å². The number of nitrogens with two attached hydrogens (primary N) is 1. The number of nitrogens with one attached hydrogen (secondary N) is 1. The fraction of sp³-hybridized carbons (Fsp3) is 0.238. The molecule has 8 heteroatoms. The SMILES string of the molecule is NC(=O)C1CCCN1Cc1ccccc1NC(=O)/C=C/c1ccccc1[N+](=O)[O-]. The Bertz CT molecular complexity index is 957. The average Bonchev–Trinajstić information content (AvgIpc) is 3.16. The monoisotopic (exact) mass is 394 g/mol.